The third-order valence-electron chi connectivity index (χ3n) is 6.82. The second kappa shape index (κ2) is 8.70. The van der Waals surface area contributed by atoms with Crippen molar-refractivity contribution in [2.24, 2.45) is 11.8 Å². The van der Waals surface area contributed by atoms with Crippen molar-refractivity contribution in [1.29, 1.82) is 0 Å². The van der Waals surface area contributed by atoms with Gasteiger partial charge in [-0.25, -0.2) is 4.52 Å². The predicted molar refractivity (Wildman–Crippen MR) is 133 cm³/mol. The van der Waals surface area contributed by atoms with Gasteiger partial charge >= 0.3 is 5.51 Å². The standard InChI is InChI=1S/C24H23F3N6S2/c1-14-11-20(35-31-14)32-12-16-4-5-17(13-32)21(16)28-23-29-22-19(3-2-10-33(22)30-23)15-6-8-18(9-7-15)34-24(25,26)27/h2-3,6-11,16-17,21H,4-5,12-13H2,1H3,(H,28,30). The van der Waals surface area contributed by atoms with Crippen molar-refractivity contribution in [2.75, 3.05) is 23.3 Å². The maximum Gasteiger partial charge on any atom is 0.446 e. The Morgan fingerprint density at radius 2 is 1.83 bits per heavy atom. The summed E-state index contributed by atoms with van der Waals surface area (Å²) in [6.45, 7) is 4.02. The lowest BCUT2D eigenvalue weighted by Crippen LogP contribution is -2.48. The molecule has 2 bridgehead atoms. The van der Waals surface area contributed by atoms with Crippen LogP contribution >= 0.6 is 23.3 Å². The van der Waals surface area contributed by atoms with Gasteiger partial charge in [0.15, 0.2) is 5.65 Å². The van der Waals surface area contributed by atoms with Crippen molar-refractivity contribution < 1.29 is 13.2 Å². The molecule has 2 unspecified atom stereocenters. The van der Waals surface area contributed by atoms with Crippen LogP contribution in [0.15, 0.2) is 53.6 Å². The van der Waals surface area contributed by atoms with E-state index in [0.29, 0.717) is 29.5 Å². The molecule has 1 aliphatic carbocycles. The van der Waals surface area contributed by atoms with Gasteiger partial charge in [0, 0.05) is 35.8 Å². The van der Waals surface area contributed by atoms with Crippen LogP contribution < -0.4 is 10.2 Å². The van der Waals surface area contributed by atoms with Gasteiger partial charge in [0.05, 0.1) is 5.69 Å². The maximum absolute atomic E-state index is 12.7. The zero-order chi connectivity index (χ0) is 24.2. The Hall–Kier alpha value is -2.79. The van der Waals surface area contributed by atoms with Gasteiger partial charge in [0.1, 0.15) is 5.00 Å². The number of nitrogens with zero attached hydrogens (tertiary/aromatic N) is 5. The second-order valence-electron chi connectivity index (χ2n) is 9.18. The Labute approximate surface area is 208 Å². The summed E-state index contributed by atoms with van der Waals surface area (Å²) in [4.78, 5) is 7.40. The van der Waals surface area contributed by atoms with E-state index in [2.05, 4.69) is 25.8 Å². The minimum absolute atomic E-state index is 0.112. The summed E-state index contributed by atoms with van der Waals surface area (Å²) in [7, 11) is 0. The van der Waals surface area contributed by atoms with Gasteiger partial charge in [-0.2, -0.15) is 22.5 Å². The van der Waals surface area contributed by atoms with Crippen LogP contribution in [0.1, 0.15) is 18.5 Å². The summed E-state index contributed by atoms with van der Waals surface area (Å²) in [5.74, 6) is 1.62. The van der Waals surface area contributed by atoms with Crippen molar-refractivity contribution >= 4 is 39.9 Å². The summed E-state index contributed by atoms with van der Waals surface area (Å²) >= 11 is 1.46. The molecule has 4 aromatic rings. The number of hydrogen-bond donors (Lipinski definition) is 1. The van der Waals surface area contributed by atoms with Crippen LogP contribution in [0.5, 0.6) is 0 Å². The number of benzene rings is 1. The number of nitrogens with one attached hydrogen (secondary N) is 1. The minimum atomic E-state index is -4.30. The Bertz CT molecular complexity index is 1340. The first-order valence-electron chi connectivity index (χ1n) is 11.5. The van der Waals surface area contributed by atoms with E-state index >= 15 is 0 Å². The number of halogens is 3. The number of anilines is 2. The maximum atomic E-state index is 12.7. The molecule has 6 rings (SSSR count). The molecule has 2 fully saturated rings. The summed E-state index contributed by atoms with van der Waals surface area (Å²) in [5.41, 5.74) is -0.930. The van der Waals surface area contributed by atoms with Crippen LogP contribution in [-0.4, -0.2) is 43.6 Å². The lowest BCUT2D eigenvalue weighted by molar-refractivity contribution is -0.0328. The zero-order valence-electron chi connectivity index (χ0n) is 18.9. The van der Waals surface area contributed by atoms with Gasteiger partial charge in [-0.05, 0) is 90.8 Å². The normalized spacial score (nSPS) is 22.2. The number of piperidine rings is 1. The Morgan fingerprint density at radius 1 is 1.09 bits per heavy atom. The molecule has 0 amide bonds. The molecule has 3 aromatic heterocycles. The monoisotopic (exact) mass is 516 g/mol. The average Bonchev–Trinajstić information content (AvgIpc) is 3.48. The molecule has 4 heterocycles. The van der Waals surface area contributed by atoms with Gasteiger partial charge in [0.2, 0.25) is 5.95 Å². The largest absolute Gasteiger partial charge is 0.446 e. The van der Waals surface area contributed by atoms with Crippen molar-refractivity contribution in [3.63, 3.8) is 0 Å². The van der Waals surface area contributed by atoms with Crippen LogP contribution in [0, 0.1) is 18.8 Å². The van der Waals surface area contributed by atoms with Gasteiger partial charge in [-0.1, -0.05) is 12.1 Å². The number of aromatic nitrogens is 4. The molecule has 35 heavy (non-hydrogen) atoms. The third kappa shape index (κ3) is 4.58. The second-order valence-corrected chi connectivity index (χ2v) is 11.1. The molecule has 11 heteroatoms. The fourth-order valence-electron chi connectivity index (χ4n) is 5.32. The molecule has 6 nitrogen and oxygen atoms in total. The van der Waals surface area contributed by atoms with Crippen molar-refractivity contribution in [3.05, 3.63) is 54.4 Å². The predicted octanol–water partition coefficient (Wildman–Crippen LogP) is 6.10. The quantitative estimate of drug-likeness (QED) is 0.324. The number of aryl methyl sites for hydroxylation is 1. The molecule has 1 saturated heterocycles. The van der Waals surface area contributed by atoms with Crippen LogP contribution in [0.2, 0.25) is 0 Å². The van der Waals surface area contributed by atoms with Gasteiger partial charge in [0.25, 0.3) is 0 Å². The SMILES string of the molecule is Cc1cc(N2CC3CCC(C2)C3Nc2nc3c(-c4ccc(SC(F)(F)F)cc4)cccn3n2)sn1. The highest BCUT2D eigenvalue weighted by Gasteiger charge is 2.43. The fraction of sp³-hybridized carbons (Fsp3) is 0.375. The lowest BCUT2D eigenvalue weighted by Gasteiger charge is -2.38. The van der Waals surface area contributed by atoms with Gasteiger partial charge in [-0.15, -0.1) is 5.10 Å². The van der Waals surface area contributed by atoms with Gasteiger partial charge < -0.3 is 10.2 Å². The van der Waals surface area contributed by atoms with Crippen molar-refractivity contribution in [1.82, 2.24) is 19.0 Å². The summed E-state index contributed by atoms with van der Waals surface area (Å²) in [6, 6.07) is 12.6. The molecule has 1 aliphatic heterocycles. The summed E-state index contributed by atoms with van der Waals surface area (Å²) < 4.78 is 44.2. The lowest BCUT2D eigenvalue weighted by atomic mass is 9.92. The highest BCUT2D eigenvalue weighted by atomic mass is 32.2. The van der Waals surface area contributed by atoms with E-state index in [1.165, 1.54) is 30.0 Å². The third-order valence-corrected chi connectivity index (χ3v) is 8.50. The Kier molecular flexibility index (Phi) is 5.63. The first-order valence-corrected chi connectivity index (χ1v) is 13.1. The molecule has 1 saturated carbocycles. The molecule has 1 aromatic carbocycles. The average molecular weight is 517 g/mol. The van der Waals surface area contributed by atoms with Crippen molar-refractivity contribution in [2.45, 2.75) is 36.2 Å². The highest BCUT2D eigenvalue weighted by molar-refractivity contribution is 8.00. The van der Waals surface area contributed by atoms with Crippen LogP contribution in [0.25, 0.3) is 16.8 Å². The van der Waals surface area contributed by atoms with E-state index in [-0.39, 0.29) is 16.7 Å². The molecular weight excluding hydrogens is 493 g/mol. The molecule has 2 aliphatic rings. The number of rotatable bonds is 5. The van der Waals surface area contributed by atoms with Gasteiger partial charge in [-0.3, -0.25) is 0 Å². The van der Waals surface area contributed by atoms with Crippen LogP contribution in [0.4, 0.5) is 24.1 Å². The Morgan fingerprint density at radius 3 is 2.49 bits per heavy atom. The first-order chi connectivity index (χ1) is 16.8. The number of fused-ring (bicyclic) bond motifs is 3. The topological polar surface area (TPSA) is 58.4 Å². The van der Waals surface area contributed by atoms with Crippen molar-refractivity contribution in [3.8, 4) is 11.1 Å². The summed E-state index contributed by atoms with van der Waals surface area (Å²) in [5, 5.41) is 9.51. The number of pyridine rings is 1. The van der Waals surface area contributed by atoms with Crippen LogP contribution in [0.3, 0.4) is 0 Å². The fourth-order valence-corrected chi connectivity index (χ4v) is 6.63. The minimum Gasteiger partial charge on any atom is -0.361 e. The molecule has 2 atom stereocenters. The van der Waals surface area contributed by atoms with E-state index in [4.69, 9.17) is 4.98 Å². The number of thioether (sulfide) groups is 1. The van der Waals surface area contributed by atoms with E-state index in [1.807, 2.05) is 25.3 Å². The van der Waals surface area contributed by atoms with E-state index in [9.17, 15) is 13.2 Å². The molecule has 182 valence electrons. The molecule has 0 spiro atoms. The number of alkyl halides is 3. The zero-order valence-corrected chi connectivity index (χ0v) is 20.5. The van der Waals surface area contributed by atoms with Crippen LogP contribution in [-0.2, 0) is 0 Å². The number of hydrogen-bond acceptors (Lipinski definition) is 7. The van der Waals surface area contributed by atoms with E-state index < -0.39 is 5.51 Å². The highest BCUT2D eigenvalue weighted by Crippen LogP contribution is 2.41. The van der Waals surface area contributed by atoms with E-state index in [0.717, 1.165) is 29.9 Å². The smallest absolute Gasteiger partial charge is 0.361 e. The summed E-state index contributed by atoms with van der Waals surface area (Å²) in [6.07, 6.45) is 4.20. The molecular formula is C24H23F3N6S2. The molecule has 1 N–H and O–H groups in total. The van der Waals surface area contributed by atoms with E-state index in [1.54, 1.807) is 28.2 Å². The first kappa shape index (κ1) is 22.7. The Balaban J connectivity index is 1.21. The molecule has 0 radical (unpaired) electrons.